The number of nitrogens with zero attached hydrogens (tertiary/aromatic N) is 1. The molecule has 0 atom stereocenters. The summed E-state index contributed by atoms with van der Waals surface area (Å²) < 4.78 is 0.0923. The molecule has 12 heavy (non-hydrogen) atoms. The first-order valence-corrected chi connectivity index (χ1v) is 4.82. The van der Waals surface area contributed by atoms with Crippen molar-refractivity contribution in [3.8, 4) is 0 Å². The van der Waals surface area contributed by atoms with Gasteiger partial charge in [-0.15, -0.1) is 0 Å². The largest absolute Gasteiger partial charge is 0.389 e. The lowest BCUT2D eigenvalue weighted by Gasteiger charge is -2.39. The SMILES string of the molecule is C[N+]1(O)CCC(O)(C2CC2)CC1. The number of piperidine rings is 1. The van der Waals surface area contributed by atoms with Gasteiger partial charge in [-0.3, -0.25) is 0 Å². The van der Waals surface area contributed by atoms with Gasteiger partial charge in [0.05, 0.1) is 12.6 Å². The molecule has 2 fully saturated rings. The average molecular weight is 172 g/mol. The van der Waals surface area contributed by atoms with E-state index in [4.69, 9.17) is 0 Å². The predicted octanol–water partition coefficient (Wildman–Crippen LogP) is 0.757. The molecule has 0 spiro atoms. The highest BCUT2D eigenvalue weighted by atomic mass is 16.5. The molecule has 1 heterocycles. The molecular weight excluding hydrogens is 154 g/mol. The fourth-order valence-electron chi connectivity index (χ4n) is 2.13. The van der Waals surface area contributed by atoms with E-state index < -0.39 is 5.60 Å². The highest BCUT2D eigenvalue weighted by Crippen LogP contribution is 2.45. The fourth-order valence-corrected chi connectivity index (χ4v) is 2.13. The second-order valence-electron chi connectivity index (χ2n) is 4.66. The van der Waals surface area contributed by atoms with E-state index in [2.05, 4.69) is 0 Å². The summed E-state index contributed by atoms with van der Waals surface area (Å²) in [5.74, 6) is 0.540. The third-order valence-electron chi connectivity index (χ3n) is 3.39. The summed E-state index contributed by atoms with van der Waals surface area (Å²) in [6.07, 6.45) is 3.91. The molecule has 2 aliphatic rings. The van der Waals surface area contributed by atoms with Crippen LogP contribution in [0.1, 0.15) is 25.7 Å². The van der Waals surface area contributed by atoms with E-state index in [1.165, 1.54) is 12.8 Å². The van der Waals surface area contributed by atoms with Gasteiger partial charge in [-0.1, -0.05) is 0 Å². The third kappa shape index (κ3) is 1.49. The minimum Gasteiger partial charge on any atom is -0.389 e. The lowest BCUT2D eigenvalue weighted by molar-refractivity contribution is -1.09. The van der Waals surface area contributed by atoms with Crippen LogP contribution < -0.4 is 0 Å². The highest BCUT2D eigenvalue weighted by molar-refractivity contribution is 4.95. The Balaban J connectivity index is 1.96. The van der Waals surface area contributed by atoms with Crippen LogP contribution in [0.3, 0.4) is 0 Å². The van der Waals surface area contributed by atoms with Gasteiger partial charge in [-0.25, -0.2) is 5.21 Å². The molecule has 1 saturated heterocycles. The first kappa shape index (κ1) is 8.48. The average Bonchev–Trinajstić information content (AvgIpc) is 2.78. The van der Waals surface area contributed by atoms with E-state index in [0.29, 0.717) is 19.0 Å². The summed E-state index contributed by atoms with van der Waals surface area (Å²) in [5.41, 5.74) is -0.430. The van der Waals surface area contributed by atoms with Crippen molar-refractivity contribution in [2.75, 3.05) is 20.1 Å². The minimum absolute atomic E-state index is 0.0923. The monoisotopic (exact) mass is 172 g/mol. The smallest absolute Gasteiger partial charge is 0.111 e. The Morgan fingerprint density at radius 2 is 1.75 bits per heavy atom. The number of rotatable bonds is 1. The predicted molar refractivity (Wildman–Crippen MR) is 44.6 cm³/mol. The lowest BCUT2D eigenvalue weighted by atomic mass is 9.87. The fraction of sp³-hybridized carbons (Fsp3) is 1.00. The van der Waals surface area contributed by atoms with Gasteiger partial charge in [0, 0.05) is 12.8 Å². The Labute approximate surface area is 73.2 Å². The van der Waals surface area contributed by atoms with Crippen molar-refractivity contribution >= 4 is 0 Å². The van der Waals surface area contributed by atoms with Crippen LogP contribution in [-0.2, 0) is 0 Å². The van der Waals surface area contributed by atoms with Crippen molar-refractivity contribution in [3.63, 3.8) is 0 Å². The van der Waals surface area contributed by atoms with Crippen molar-refractivity contribution in [2.45, 2.75) is 31.3 Å². The van der Waals surface area contributed by atoms with Crippen molar-refractivity contribution in [2.24, 2.45) is 5.92 Å². The standard InChI is InChI=1S/C9H18NO2/c1-10(12)6-4-9(11,5-7-10)8-2-3-8/h8,11-12H,2-7H2,1H3/q+1. The second kappa shape index (κ2) is 2.44. The van der Waals surface area contributed by atoms with E-state index in [-0.39, 0.29) is 4.65 Å². The van der Waals surface area contributed by atoms with Crippen LogP contribution in [0.5, 0.6) is 0 Å². The number of hydrogen-bond acceptors (Lipinski definition) is 2. The molecular formula is C9H18NO2+. The molecule has 1 aliphatic carbocycles. The van der Waals surface area contributed by atoms with Gasteiger partial charge >= 0.3 is 0 Å². The Morgan fingerprint density at radius 3 is 2.17 bits per heavy atom. The summed E-state index contributed by atoms with van der Waals surface area (Å²) in [7, 11) is 1.81. The summed E-state index contributed by atoms with van der Waals surface area (Å²) in [5, 5.41) is 19.8. The summed E-state index contributed by atoms with van der Waals surface area (Å²) in [4.78, 5) is 0. The molecule has 1 aliphatic heterocycles. The van der Waals surface area contributed by atoms with Crippen LogP contribution >= 0.6 is 0 Å². The van der Waals surface area contributed by atoms with Gasteiger partial charge in [0.2, 0.25) is 0 Å². The Bertz CT molecular complexity index is 177. The van der Waals surface area contributed by atoms with Gasteiger partial charge in [-0.05, 0) is 18.8 Å². The van der Waals surface area contributed by atoms with E-state index in [0.717, 1.165) is 12.8 Å². The van der Waals surface area contributed by atoms with Crippen LogP contribution in [0, 0.1) is 5.92 Å². The van der Waals surface area contributed by atoms with E-state index in [1.54, 1.807) is 0 Å². The second-order valence-corrected chi connectivity index (χ2v) is 4.66. The number of hydrogen-bond donors (Lipinski definition) is 2. The van der Waals surface area contributed by atoms with Crippen molar-refractivity contribution in [3.05, 3.63) is 0 Å². The van der Waals surface area contributed by atoms with Gasteiger partial charge in [0.25, 0.3) is 0 Å². The van der Waals surface area contributed by atoms with Gasteiger partial charge in [-0.2, -0.15) is 4.65 Å². The molecule has 3 nitrogen and oxygen atoms in total. The summed E-state index contributed by atoms with van der Waals surface area (Å²) in [6, 6.07) is 0. The number of quaternary nitrogens is 1. The topological polar surface area (TPSA) is 40.5 Å². The molecule has 70 valence electrons. The van der Waals surface area contributed by atoms with Crippen molar-refractivity contribution in [1.82, 2.24) is 0 Å². The molecule has 2 N–H and O–H groups in total. The van der Waals surface area contributed by atoms with Crippen LogP contribution in [-0.4, -0.2) is 40.7 Å². The lowest BCUT2D eigenvalue weighted by Crippen LogP contribution is -2.53. The van der Waals surface area contributed by atoms with Crippen molar-refractivity contribution < 1.29 is 15.0 Å². The van der Waals surface area contributed by atoms with E-state index in [9.17, 15) is 10.3 Å². The summed E-state index contributed by atoms with van der Waals surface area (Å²) in [6.45, 7) is 1.40. The van der Waals surface area contributed by atoms with Gasteiger partial charge in [0.15, 0.2) is 0 Å². The van der Waals surface area contributed by atoms with Crippen molar-refractivity contribution in [1.29, 1.82) is 0 Å². The highest BCUT2D eigenvalue weighted by Gasteiger charge is 2.48. The van der Waals surface area contributed by atoms with Crippen LogP contribution in [0.4, 0.5) is 0 Å². The molecule has 0 amide bonds. The number of aliphatic hydroxyl groups is 1. The molecule has 0 aromatic heterocycles. The first-order valence-electron chi connectivity index (χ1n) is 4.82. The summed E-state index contributed by atoms with van der Waals surface area (Å²) >= 11 is 0. The van der Waals surface area contributed by atoms with Crippen LogP contribution in [0.15, 0.2) is 0 Å². The van der Waals surface area contributed by atoms with Crippen LogP contribution in [0.2, 0.25) is 0 Å². The molecule has 0 aromatic rings. The van der Waals surface area contributed by atoms with Crippen LogP contribution in [0.25, 0.3) is 0 Å². The normalized spacial score (nSPS) is 49.2. The van der Waals surface area contributed by atoms with Gasteiger partial charge in [0.1, 0.15) is 13.1 Å². The molecule has 0 radical (unpaired) electrons. The number of hydroxylamine groups is 3. The van der Waals surface area contributed by atoms with E-state index >= 15 is 0 Å². The maximum atomic E-state index is 10.1. The quantitative estimate of drug-likeness (QED) is 0.573. The Morgan fingerprint density at radius 1 is 1.25 bits per heavy atom. The third-order valence-corrected chi connectivity index (χ3v) is 3.39. The zero-order valence-electron chi connectivity index (χ0n) is 7.66. The van der Waals surface area contributed by atoms with Gasteiger partial charge < -0.3 is 5.11 Å². The van der Waals surface area contributed by atoms with E-state index in [1.807, 2.05) is 7.05 Å². The minimum atomic E-state index is -0.430. The molecule has 0 aromatic carbocycles. The maximum absolute atomic E-state index is 10.1. The number of likely N-dealkylation sites (tertiary alicyclic amines) is 1. The molecule has 1 saturated carbocycles. The maximum Gasteiger partial charge on any atom is 0.111 e. The molecule has 0 bridgehead atoms. The Kier molecular flexibility index (Phi) is 1.72. The zero-order valence-corrected chi connectivity index (χ0v) is 7.66. The molecule has 0 unspecified atom stereocenters. The Hall–Kier alpha value is -0.120. The molecule has 3 heteroatoms. The first-order chi connectivity index (χ1) is 5.52. The zero-order chi connectivity index (χ0) is 8.82. The molecule has 2 rings (SSSR count).